The van der Waals surface area contributed by atoms with Gasteiger partial charge in [0.15, 0.2) is 0 Å². The highest BCUT2D eigenvalue weighted by Crippen LogP contribution is 2.27. The second-order valence-electron chi connectivity index (χ2n) is 6.80. The third-order valence-electron chi connectivity index (χ3n) is 4.84. The van der Waals surface area contributed by atoms with E-state index in [1.807, 2.05) is 24.0 Å². The first-order chi connectivity index (χ1) is 13.1. The summed E-state index contributed by atoms with van der Waals surface area (Å²) in [5.41, 5.74) is 2.12. The summed E-state index contributed by atoms with van der Waals surface area (Å²) < 4.78 is 5.16. The SMILES string of the molecule is COc1ccc(N[C@H](C)C(=O)N2CCN(Cc3ccccc3)CC2)cc1Cl. The first kappa shape index (κ1) is 19.5. The summed E-state index contributed by atoms with van der Waals surface area (Å²) in [5, 5.41) is 3.76. The molecule has 0 unspecified atom stereocenters. The van der Waals surface area contributed by atoms with Gasteiger partial charge in [0.25, 0.3) is 0 Å². The number of hydrogen-bond acceptors (Lipinski definition) is 4. The second-order valence-corrected chi connectivity index (χ2v) is 7.21. The van der Waals surface area contributed by atoms with Crippen LogP contribution in [0, 0.1) is 0 Å². The Bertz CT molecular complexity index is 761. The van der Waals surface area contributed by atoms with Gasteiger partial charge in [-0.25, -0.2) is 0 Å². The Morgan fingerprint density at radius 3 is 2.48 bits per heavy atom. The van der Waals surface area contributed by atoms with Crippen LogP contribution in [0.3, 0.4) is 0 Å². The van der Waals surface area contributed by atoms with Crippen molar-refractivity contribution in [2.24, 2.45) is 0 Å². The smallest absolute Gasteiger partial charge is 0.244 e. The van der Waals surface area contributed by atoms with E-state index in [2.05, 4.69) is 34.5 Å². The van der Waals surface area contributed by atoms with Crippen LogP contribution in [0.2, 0.25) is 5.02 Å². The van der Waals surface area contributed by atoms with Crippen LogP contribution in [0.25, 0.3) is 0 Å². The molecule has 0 aliphatic carbocycles. The molecular formula is C21H26ClN3O2. The van der Waals surface area contributed by atoms with Gasteiger partial charge in [0.1, 0.15) is 11.8 Å². The van der Waals surface area contributed by atoms with Crippen molar-refractivity contribution in [3.8, 4) is 5.75 Å². The summed E-state index contributed by atoms with van der Waals surface area (Å²) in [6, 6.07) is 15.6. The number of anilines is 1. The number of nitrogens with zero attached hydrogens (tertiary/aromatic N) is 2. The number of piperazine rings is 1. The summed E-state index contributed by atoms with van der Waals surface area (Å²) in [5.74, 6) is 0.733. The Labute approximate surface area is 165 Å². The fourth-order valence-electron chi connectivity index (χ4n) is 3.31. The number of hydrogen-bond donors (Lipinski definition) is 1. The first-order valence-electron chi connectivity index (χ1n) is 9.22. The van der Waals surface area contributed by atoms with E-state index in [0.717, 1.165) is 38.4 Å². The van der Waals surface area contributed by atoms with Crippen molar-refractivity contribution in [3.63, 3.8) is 0 Å². The third-order valence-corrected chi connectivity index (χ3v) is 5.13. The lowest BCUT2D eigenvalue weighted by atomic mass is 10.2. The molecule has 2 aromatic rings. The van der Waals surface area contributed by atoms with Gasteiger partial charge < -0.3 is 15.0 Å². The Hall–Kier alpha value is -2.24. The monoisotopic (exact) mass is 387 g/mol. The maximum atomic E-state index is 12.8. The van der Waals surface area contributed by atoms with Crippen LogP contribution in [0.15, 0.2) is 48.5 Å². The molecule has 1 aliphatic heterocycles. The van der Waals surface area contributed by atoms with Crippen molar-refractivity contribution in [1.29, 1.82) is 0 Å². The van der Waals surface area contributed by atoms with E-state index in [0.29, 0.717) is 10.8 Å². The molecule has 1 heterocycles. The molecule has 1 amide bonds. The fraction of sp³-hybridized carbons (Fsp3) is 0.381. The standard InChI is InChI=1S/C21H26ClN3O2/c1-16(23-18-8-9-20(27-2)19(22)14-18)21(26)25-12-10-24(11-13-25)15-17-6-4-3-5-7-17/h3-9,14,16,23H,10-13,15H2,1-2H3/t16-/m1/s1. The number of benzene rings is 2. The number of carbonyl (C=O) groups is 1. The zero-order valence-electron chi connectivity index (χ0n) is 15.8. The van der Waals surface area contributed by atoms with Gasteiger partial charge in [-0.1, -0.05) is 41.9 Å². The molecular weight excluding hydrogens is 362 g/mol. The van der Waals surface area contributed by atoms with Crippen LogP contribution in [0.1, 0.15) is 12.5 Å². The van der Waals surface area contributed by atoms with Gasteiger partial charge >= 0.3 is 0 Å². The zero-order chi connectivity index (χ0) is 19.2. The molecule has 0 bridgehead atoms. The van der Waals surface area contributed by atoms with Gasteiger partial charge in [0, 0.05) is 38.4 Å². The molecule has 144 valence electrons. The average Bonchev–Trinajstić information content (AvgIpc) is 2.69. The van der Waals surface area contributed by atoms with Crippen LogP contribution in [0.4, 0.5) is 5.69 Å². The number of carbonyl (C=O) groups excluding carboxylic acids is 1. The maximum absolute atomic E-state index is 12.8. The van der Waals surface area contributed by atoms with E-state index in [4.69, 9.17) is 16.3 Å². The summed E-state index contributed by atoms with van der Waals surface area (Å²) in [7, 11) is 1.58. The highest BCUT2D eigenvalue weighted by molar-refractivity contribution is 6.32. The first-order valence-corrected chi connectivity index (χ1v) is 9.60. The second kappa shape index (κ2) is 9.11. The van der Waals surface area contributed by atoms with E-state index >= 15 is 0 Å². The molecule has 1 aliphatic rings. The largest absolute Gasteiger partial charge is 0.495 e. The summed E-state index contributed by atoms with van der Waals surface area (Å²) in [6.45, 7) is 6.10. The van der Waals surface area contributed by atoms with Crippen molar-refractivity contribution in [2.45, 2.75) is 19.5 Å². The quantitative estimate of drug-likeness (QED) is 0.824. The lowest BCUT2D eigenvalue weighted by Gasteiger charge is -2.36. The van der Waals surface area contributed by atoms with E-state index in [1.54, 1.807) is 19.2 Å². The number of methoxy groups -OCH3 is 1. The topological polar surface area (TPSA) is 44.8 Å². The van der Waals surface area contributed by atoms with Gasteiger partial charge in [0.2, 0.25) is 5.91 Å². The Kier molecular flexibility index (Phi) is 6.58. The molecule has 0 saturated carbocycles. The number of amides is 1. The molecule has 0 radical (unpaired) electrons. The number of nitrogens with one attached hydrogen (secondary N) is 1. The van der Waals surface area contributed by atoms with Crippen molar-refractivity contribution in [2.75, 3.05) is 38.6 Å². The van der Waals surface area contributed by atoms with Gasteiger partial charge in [-0.15, -0.1) is 0 Å². The number of halogens is 1. The fourth-order valence-corrected chi connectivity index (χ4v) is 3.57. The van der Waals surface area contributed by atoms with Gasteiger partial charge in [0.05, 0.1) is 12.1 Å². The molecule has 0 spiro atoms. The predicted octanol–water partition coefficient (Wildman–Crippen LogP) is 3.49. The van der Waals surface area contributed by atoms with E-state index in [1.165, 1.54) is 5.56 Å². The Morgan fingerprint density at radius 1 is 1.15 bits per heavy atom. The van der Waals surface area contributed by atoms with Gasteiger partial charge in [-0.05, 0) is 30.7 Å². The van der Waals surface area contributed by atoms with Crippen molar-refractivity contribution < 1.29 is 9.53 Å². The van der Waals surface area contributed by atoms with Crippen LogP contribution < -0.4 is 10.1 Å². The van der Waals surface area contributed by atoms with Crippen LogP contribution >= 0.6 is 11.6 Å². The molecule has 1 N–H and O–H groups in total. The van der Waals surface area contributed by atoms with Crippen molar-refractivity contribution >= 4 is 23.2 Å². The molecule has 27 heavy (non-hydrogen) atoms. The van der Waals surface area contributed by atoms with E-state index < -0.39 is 0 Å². The molecule has 0 aromatic heterocycles. The summed E-state index contributed by atoms with van der Waals surface area (Å²) in [6.07, 6.45) is 0. The minimum Gasteiger partial charge on any atom is -0.495 e. The lowest BCUT2D eigenvalue weighted by molar-refractivity contribution is -0.133. The van der Waals surface area contributed by atoms with Crippen LogP contribution in [-0.2, 0) is 11.3 Å². The zero-order valence-corrected chi connectivity index (χ0v) is 16.6. The normalized spacial score (nSPS) is 16.0. The average molecular weight is 388 g/mol. The van der Waals surface area contributed by atoms with E-state index in [-0.39, 0.29) is 11.9 Å². The molecule has 2 aromatic carbocycles. The molecule has 1 fully saturated rings. The van der Waals surface area contributed by atoms with Crippen molar-refractivity contribution in [3.05, 3.63) is 59.1 Å². The molecule has 5 nitrogen and oxygen atoms in total. The lowest BCUT2D eigenvalue weighted by Crippen LogP contribution is -2.51. The summed E-state index contributed by atoms with van der Waals surface area (Å²) in [4.78, 5) is 17.1. The molecule has 1 atom stereocenters. The highest BCUT2D eigenvalue weighted by Gasteiger charge is 2.25. The Balaban J connectivity index is 1.50. The third kappa shape index (κ3) is 5.15. The van der Waals surface area contributed by atoms with Crippen molar-refractivity contribution in [1.82, 2.24) is 9.80 Å². The van der Waals surface area contributed by atoms with Crippen LogP contribution in [-0.4, -0.2) is 55.0 Å². The summed E-state index contributed by atoms with van der Waals surface area (Å²) >= 11 is 6.16. The Morgan fingerprint density at radius 2 is 1.85 bits per heavy atom. The molecule has 3 rings (SSSR count). The minimum atomic E-state index is -0.310. The maximum Gasteiger partial charge on any atom is 0.244 e. The number of ether oxygens (including phenoxy) is 1. The number of rotatable bonds is 6. The van der Waals surface area contributed by atoms with Crippen LogP contribution in [0.5, 0.6) is 5.75 Å². The van der Waals surface area contributed by atoms with Gasteiger partial charge in [-0.3, -0.25) is 9.69 Å². The minimum absolute atomic E-state index is 0.112. The predicted molar refractivity (Wildman–Crippen MR) is 109 cm³/mol. The highest BCUT2D eigenvalue weighted by atomic mass is 35.5. The molecule has 1 saturated heterocycles. The molecule has 6 heteroatoms. The van der Waals surface area contributed by atoms with E-state index in [9.17, 15) is 4.79 Å². The van der Waals surface area contributed by atoms with Gasteiger partial charge in [-0.2, -0.15) is 0 Å².